The average molecular weight is 443 g/mol. The fourth-order valence-corrected chi connectivity index (χ4v) is 4.78. The number of fused-ring (bicyclic) bond motifs is 1. The van der Waals surface area contributed by atoms with Crippen molar-refractivity contribution in [2.45, 2.75) is 12.8 Å². The van der Waals surface area contributed by atoms with E-state index >= 15 is 0 Å². The summed E-state index contributed by atoms with van der Waals surface area (Å²) in [7, 11) is 0. The van der Waals surface area contributed by atoms with Gasteiger partial charge in [-0.1, -0.05) is 24.3 Å². The number of nitrogens with zero attached hydrogens (tertiary/aromatic N) is 3. The van der Waals surface area contributed by atoms with E-state index in [1.165, 1.54) is 0 Å². The summed E-state index contributed by atoms with van der Waals surface area (Å²) < 4.78 is 0. The molecule has 5 rings (SSSR count). The zero-order valence-corrected chi connectivity index (χ0v) is 18.2. The number of likely N-dealkylation sites (tertiary alicyclic amines) is 1. The third-order valence-corrected chi connectivity index (χ3v) is 6.71. The molecule has 1 aliphatic heterocycles. The summed E-state index contributed by atoms with van der Waals surface area (Å²) in [6.45, 7) is 1.11. The molecule has 160 valence electrons. The smallest absolute Gasteiger partial charge is 0.254 e. The number of para-hydroxylation sites is 1. The van der Waals surface area contributed by atoms with Gasteiger partial charge in [0.2, 0.25) is 5.91 Å². The van der Waals surface area contributed by atoms with Crippen LogP contribution in [-0.4, -0.2) is 39.8 Å². The highest BCUT2D eigenvalue weighted by molar-refractivity contribution is 7.13. The van der Waals surface area contributed by atoms with Crippen LogP contribution in [0.25, 0.3) is 21.5 Å². The summed E-state index contributed by atoms with van der Waals surface area (Å²) in [6.07, 6.45) is 4.59. The van der Waals surface area contributed by atoms with Crippen LogP contribution in [-0.2, 0) is 4.79 Å². The van der Waals surface area contributed by atoms with Crippen molar-refractivity contribution in [1.29, 1.82) is 0 Å². The van der Waals surface area contributed by atoms with Gasteiger partial charge in [0, 0.05) is 42.5 Å². The van der Waals surface area contributed by atoms with Crippen LogP contribution in [0.15, 0.2) is 72.4 Å². The molecule has 1 saturated heterocycles. The first-order valence-electron chi connectivity index (χ1n) is 10.6. The van der Waals surface area contributed by atoms with Crippen molar-refractivity contribution in [3.63, 3.8) is 0 Å². The molecule has 4 aromatic rings. The quantitative estimate of drug-likeness (QED) is 0.490. The normalized spacial score (nSPS) is 14.4. The van der Waals surface area contributed by atoms with Gasteiger partial charge in [0.15, 0.2) is 0 Å². The van der Waals surface area contributed by atoms with Gasteiger partial charge in [0.1, 0.15) is 0 Å². The Morgan fingerprint density at radius 2 is 1.78 bits per heavy atom. The van der Waals surface area contributed by atoms with Crippen molar-refractivity contribution in [3.05, 3.63) is 77.9 Å². The monoisotopic (exact) mass is 442 g/mol. The van der Waals surface area contributed by atoms with Gasteiger partial charge in [-0.05, 0) is 48.6 Å². The first kappa shape index (κ1) is 20.3. The molecule has 1 N–H and O–H groups in total. The predicted molar refractivity (Wildman–Crippen MR) is 127 cm³/mol. The van der Waals surface area contributed by atoms with Crippen molar-refractivity contribution in [2.24, 2.45) is 5.92 Å². The Hall–Kier alpha value is -3.58. The van der Waals surface area contributed by atoms with Crippen LogP contribution in [0.3, 0.4) is 0 Å². The number of pyridine rings is 2. The summed E-state index contributed by atoms with van der Waals surface area (Å²) in [5.41, 5.74) is 3.04. The lowest BCUT2D eigenvalue weighted by Crippen LogP contribution is -2.41. The Balaban J connectivity index is 1.34. The molecule has 0 spiro atoms. The molecule has 0 saturated carbocycles. The van der Waals surface area contributed by atoms with Crippen molar-refractivity contribution in [3.8, 4) is 10.6 Å². The molecule has 0 radical (unpaired) electrons. The van der Waals surface area contributed by atoms with Crippen molar-refractivity contribution in [1.82, 2.24) is 14.9 Å². The number of amides is 2. The maximum atomic E-state index is 13.5. The van der Waals surface area contributed by atoms with Crippen LogP contribution in [0.5, 0.6) is 0 Å². The van der Waals surface area contributed by atoms with Gasteiger partial charge in [0.25, 0.3) is 5.91 Å². The van der Waals surface area contributed by atoms with E-state index in [2.05, 4.69) is 10.3 Å². The molecular weight excluding hydrogens is 420 g/mol. The first-order valence-corrected chi connectivity index (χ1v) is 11.5. The standard InChI is InChI=1S/C25H22N4O2S/c30-24(27-18-7-11-26-12-8-18)17-9-13-29(14-10-17)25(31)20-16-22(23-6-3-15-32-23)28-21-5-2-1-4-19(20)21/h1-8,11-12,15-17H,9-10,13-14H2,(H,26,27,30). The molecule has 0 aliphatic carbocycles. The molecular formula is C25H22N4O2S. The minimum atomic E-state index is -0.108. The molecule has 0 bridgehead atoms. The highest BCUT2D eigenvalue weighted by Crippen LogP contribution is 2.29. The van der Waals surface area contributed by atoms with Gasteiger partial charge in [-0.2, -0.15) is 0 Å². The van der Waals surface area contributed by atoms with E-state index in [0.29, 0.717) is 31.5 Å². The minimum absolute atomic E-state index is 0.00218. The second-order valence-corrected chi connectivity index (χ2v) is 8.79. The lowest BCUT2D eigenvalue weighted by molar-refractivity contribution is -0.121. The summed E-state index contributed by atoms with van der Waals surface area (Å²) in [5, 5.41) is 5.81. The number of carbonyl (C=O) groups excluding carboxylic acids is 2. The van der Waals surface area contributed by atoms with E-state index in [9.17, 15) is 9.59 Å². The van der Waals surface area contributed by atoms with Gasteiger partial charge in [-0.3, -0.25) is 14.6 Å². The van der Waals surface area contributed by atoms with Crippen LogP contribution in [0.2, 0.25) is 0 Å². The van der Waals surface area contributed by atoms with Gasteiger partial charge in [0.05, 0.1) is 21.7 Å². The number of rotatable bonds is 4. The summed E-state index contributed by atoms with van der Waals surface area (Å²) in [5.74, 6) is -0.116. The number of hydrogen-bond donors (Lipinski definition) is 1. The lowest BCUT2D eigenvalue weighted by atomic mass is 9.95. The maximum Gasteiger partial charge on any atom is 0.254 e. The number of nitrogens with one attached hydrogen (secondary N) is 1. The number of piperidine rings is 1. The Labute approximate surface area is 189 Å². The minimum Gasteiger partial charge on any atom is -0.339 e. The van der Waals surface area contributed by atoms with Crippen LogP contribution in [0, 0.1) is 5.92 Å². The number of benzene rings is 1. The molecule has 1 aromatic carbocycles. The fraction of sp³-hybridized carbons (Fsp3) is 0.200. The number of thiophene rings is 1. The molecule has 1 aliphatic rings. The SMILES string of the molecule is O=C(Nc1ccncc1)C1CCN(C(=O)c2cc(-c3cccs3)nc3ccccc23)CC1. The molecule has 32 heavy (non-hydrogen) atoms. The molecule has 4 heterocycles. The van der Waals surface area contributed by atoms with Crippen molar-refractivity contribution < 1.29 is 9.59 Å². The van der Waals surface area contributed by atoms with Crippen LogP contribution in [0.1, 0.15) is 23.2 Å². The molecule has 0 atom stereocenters. The number of carbonyl (C=O) groups is 2. The molecule has 1 fully saturated rings. The Bertz CT molecular complexity index is 1250. The van der Waals surface area contributed by atoms with E-state index < -0.39 is 0 Å². The zero-order chi connectivity index (χ0) is 21.9. The van der Waals surface area contributed by atoms with Gasteiger partial charge >= 0.3 is 0 Å². The van der Waals surface area contributed by atoms with Gasteiger partial charge < -0.3 is 10.2 Å². The third-order valence-electron chi connectivity index (χ3n) is 5.82. The first-order chi connectivity index (χ1) is 15.7. The van der Waals surface area contributed by atoms with E-state index in [0.717, 1.165) is 27.2 Å². The van der Waals surface area contributed by atoms with E-state index in [-0.39, 0.29) is 17.7 Å². The predicted octanol–water partition coefficient (Wildman–Crippen LogP) is 4.85. The Kier molecular flexibility index (Phi) is 5.64. The largest absolute Gasteiger partial charge is 0.339 e. The highest BCUT2D eigenvalue weighted by Gasteiger charge is 2.29. The second kappa shape index (κ2) is 8.88. The molecule has 2 amide bonds. The average Bonchev–Trinajstić information content (AvgIpc) is 3.39. The van der Waals surface area contributed by atoms with Crippen molar-refractivity contribution in [2.75, 3.05) is 18.4 Å². The van der Waals surface area contributed by atoms with Crippen LogP contribution in [0.4, 0.5) is 5.69 Å². The lowest BCUT2D eigenvalue weighted by Gasteiger charge is -2.31. The van der Waals surface area contributed by atoms with Crippen molar-refractivity contribution >= 4 is 39.7 Å². The Morgan fingerprint density at radius 3 is 2.53 bits per heavy atom. The Morgan fingerprint density at radius 1 is 1.00 bits per heavy atom. The maximum absolute atomic E-state index is 13.5. The molecule has 3 aromatic heterocycles. The van der Waals surface area contributed by atoms with E-state index in [4.69, 9.17) is 4.98 Å². The van der Waals surface area contributed by atoms with Gasteiger partial charge in [-0.15, -0.1) is 11.3 Å². The molecule has 0 unspecified atom stereocenters. The van der Waals surface area contributed by atoms with Gasteiger partial charge in [-0.25, -0.2) is 4.98 Å². The number of hydrogen-bond acceptors (Lipinski definition) is 5. The second-order valence-electron chi connectivity index (χ2n) is 7.84. The fourth-order valence-electron chi connectivity index (χ4n) is 4.10. The third kappa shape index (κ3) is 4.11. The van der Waals surface area contributed by atoms with E-state index in [1.54, 1.807) is 35.9 Å². The van der Waals surface area contributed by atoms with Crippen LogP contribution < -0.4 is 5.32 Å². The van der Waals surface area contributed by atoms with E-state index in [1.807, 2.05) is 52.7 Å². The number of anilines is 1. The summed E-state index contributed by atoms with van der Waals surface area (Å²) in [6, 6.07) is 17.2. The summed E-state index contributed by atoms with van der Waals surface area (Å²) >= 11 is 1.61. The molecule has 6 nitrogen and oxygen atoms in total. The zero-order valence-electron chi connectivity index (χ0n) is 17.4. The number of aromatic nitrogens is 2. The topological polar surface area (TPSA) is 75.2 Å². The summed E-state index contributed by atoms with van der Waals surface area (Å²) in [4.78, 5) is 37.7. The highest BCUT2D eigenvalue weighted by atomic mass is 32.1. The van der Waals surface area contributed by atoms with Crippen LogP contribution >= 0.6 is 11.3 Å². The molecule has 7 heteroatoms.